The molecule has 0 bridgehead atoms. The van der Waals surface area contributed by atoms with Crippen molar-refractivity contribution >= 4 is 11.1 Å². The number of rotatable bonds is 2. The predicted octanol–water partition coefficient (Wildman–Crippen LogP) is 0.567. The van der Waals surface area contributed by atoms with Gasteiger partial charge in [0.05, 0.1) is 5.52 Å². The van der Waals surface area contributed by atoms with Gasteiger partial charge in [-0.15, -0.1) is 0 Å². The second-order valence-corrected chi connectivity index (χ2v) is 4.89. The summed E-state index contributed by atoms with van der Waals surface area (Å²) in [7, 11) is 2.16. The Labute approximate surface area is 105 Å². The molecule has 1 aliphatic rings. The molecule has 1 unspecified atom stereocenters. The van der Waals surface area contributed by atoms with Crippen LogP contribution in [0.3, 0.4) is 0 Å². The molecule has 1 aromatic heterocycles. The lowest BCUT2D eigenvalue weighted by atomic mass is 10.0. The molecule has 1 fully saturated rings. The minimum atomic E-state index is -0.390. The van der Waals surface area contributed by atoms with Crippen LogP contribution in [-0.2, 0) is 6.42 Å². The van der Waals surface area contributed by atoms with E-state index in [-0.39, 0.29) is 0 Å². The Balaban J connectivity index is 1.83. The molecular formula is C13H17N3O2. The first kappa shape index (κ1) is 11.5. The van der Waals surface area contributed by atoms with Crippen molar-refractivity contribution in [3.63, 3.8) is 0 Å². The van der Waals surface area contributed by atoms with Gasteiger partial charge in [-0.3, -0.25) is 4.98 Å². The quantitative estimate of drug-likeness (QED) is 0.814. The number of H-pyrrole nitrogens is 1. The van der Waals surface area contributed by atoms with Crippen molar-refractivity contribution in [2.45, 2.75) is 12.5 Å². The Morgan fingerprint density at radius 2 is 2.39 bits per heavy atom. The fourth-order valence-electron chi connectivity index (χ4n) is 2.49. The van der Waals surface area contributed by atoms with E-state index in [1.807, 2.05) is 18.2 Å². The lowest BCUT2D eigenvalue weighted by Gasteiger charge is -2.33. The van der Waals surface area contributed by atoms with Crippen LogP contribution < -0.4 is 11.1 Å². The van der Waals surface area contributed by atoms with E-state index >= 15 is 0 Å². The zero-order chi connectivity index (χ0) is 12.5. The van der Waals surface area contributed by atoms with Gasteiger partial charge in [0.2, 0.25) is 0 Å². The van der Waals surface area contributed by atoms with E-state index in [9.17, 15) is 4.79 Å². The number of benzene rings is 1. The van der Waals surface area contributed by atoms with Gasteiger partial charge in [0.15, 0.2) is 5.58 Å². The number of fused-ring (bicyclic) bond motifs is 1. The molecule has 5 nitrogen and oxygen atoms in total. The molecule has 1 atom stereocenters. The number of likely N-dealkylation sites (N-methyl/N-ethyl adjacent to an activating group) is 1. The van der Waals surface area contributed by atoms with Crippen molar-refractivity contribution in [1.82, 2.24) is 15.2 Å². The van der Waals surface area contributed by atoms with Crippen LogP contribution in [-0.4, -0.2) is 42.6 Å². The number of nitrogens with zero attached hydrogens (tertiary/aromatic N) is 1. The lowest BCUT2D eigenvalue weighted by molar-refractivity contribution is 0.199. The van der Waals surface area contributed by atoms with Crippen LogP contribution in [0.1, 0.15) is 5.56 Å². The summed E-state index contributed by atoms with van der Waals surface area (Å²) in [5, 5.41) is 3.41. The summed E-state index contributed by atoms with van der Waals surface area (Å²) >= 11 is 0. The lowest BCUT2D eigenvalue weighted by Crippen LogP contribution is -2.50. The fraction of sp³-hybridized carbons (Fsp3) is 0.462. The molecule has 1 saturated heterocycles. The van der Waals surface area contributed by atoms with Crippen molar-refractivity contribution in [1.29, 1.82) is 0 Å². The van der Waals surface area contributed by atoms with E-state index in [1.54, 1.807) is 0 Å². The van der Waals surface area contributed by atoms with Crippen LogP contribution in [0.4, 0.5) is 0 Å². The van der Waals surface area contributed by atoms with Gasteiger partial charge in [-0.2, -0.15) is 0 Å². The molecular weight excluding hydrogens is 230 g/mol. The smallest absolute Gasteiger partial charge is 0.408 e. The summed E-state index contributed by atoms with van der Waals surface area (Å²) in [5.41, 5.74) is 2.63. The van der Waals surface area contributed by atoms with Gasteiger partial charge < -0.3 is 14.6 Å². The Hall–Kier alpha value is -1.59. The highest BCUT2D eigenvalue weighted by atomic mass is 16.4. The average molecular weight is 247 g/mol. The Morgan fingerprint density at radius 3 is 3.22 bits per heavy atom. The maximum Gasteiger partial charge on any atom is 0.417 e. The number of aromatic nitrogens is 1. The van der Waals surface area contributed by atoms with Crippen LogP contribution in [0.25, 0.3) is 11.1 Å². The average Bonchev–Trinajstić information content (AvgIpc) is 2.71. The molecule has 0 spiro atoms. The first-order chi connectivity index (χ1) is 8.72. The number of hydrogen-bond acceptors (Lipinski definition) is 4. The minimum absolute atomic E-state index is 0.390. The summed E-state index contributed by atoms with van der Waals surface area (Å²) in [6, 6.07) is 6.40. The minimum Gasteiger partial charge on any atom is -0.408 e. The molecule has 18 heavy (non-hydrogen) atoms. The van der Waals surface area contributed by atoms with Crippen LogP contribution in [0.5, 0.6) is 0 Å². The normalized spacial score (nSPS) is 21.5. The second-order valence-electron chi connectivity index (χ2n) is 4.89. The van der Waals surface area contributed by atoms with Gasteiger partial charge in [0.1, 0.15) is 0 Å². The van der Waals surface area contributed by atoms with E-state index in [1.165, 1.54) is 5.56 Å². The van der Waals surface area contributed by atoms with Gasteiger partial charge in [0, 0.05) is 25.7 Å². The Morgan fingerprint density at radius 1 is 1.50 bits per heavy atom. The van der Waals surface area contributed by atoms with Crippen molar-refractivity contribution < 1.29 is 4.42 Å². The maximum absolute atomic E-state index is 11.1. The molecule has 1 aromatic carbocycles. The highest BCUT2D eigenvalue weighted by molar-refractivity contribution is 5.72. The highest BCUT2D eigenvalue weighted by Crippen LogP contribution is 2.15. The number of nitrogens with one attached hydrogen (secondary N) is 2. The maximum atomic E-state index is 11.1. The van der Waals surface area contributed by atoms with Gasteiger partial charge >= 0.3 is 5.76 Å². The predicted molar refractivity (Wildman–Crippen MR) is 69.8 cm³/mol. The van der Waals surface area contributed by atoms with Crippen molar-refractivity contribution in [2.75, 3.05) is 26.7 Å². The van der Waals surface area contributed by atoms with Gasteiger partial charge in [-0.1, -0.05) is 6.07 Å². The van der Waals surface area contributed by atoms with Crippen LogP contribution >= 0.6 is 0 Å². The first-order valence-corrected chi connectivity index (χ1v) is 6.25. The van der Waals surface area contributed by atoms with Gasteiger partial charge in [-0.05, 0) is 31.2 Å². The summed E-state index contributed by atoms with van der Waals surface area (Å²) in [4.78, 5) is 16.2. The van der Waals surface area contributed by atoms with Crippen LogP contribution in [0.15, 0.2) is 27.4 Å². The summed E-state index contributed by atoms with van der Waals surface area (Å²) in [6.45, 7) is 3.15. The zero-order valence-corrected chi connectivity index (χ0v) is 10.4. The number of piperazine rings is 1. The van der Waals surface area contributed by atoms with Gasteiger partial charge in [-0.25, -0.2) is 4.79 Å². The summed E-state index contributed by atoms with van der Waals surface area (Å²) in [5.74, 6) is -0.390. The third-order valence-electron chi connectivity index (χ3n) is 3.60. The fourth-order valence-corrected chi connectivity index (χ4v) is 2.49. The molecule has 1 aliphatic heterocycles. The largest absolute Gasteiger partial charge is 0.417 e. The molecule has 5 heteroatoms. The second kappa shape index (κ2) is 4.59. The molecule has 2 N–H and O–H groups in total. The summed E-state index contributed by atoms with van der Waals surface area (Å²) < 4.78 is 5.00. The van der Waals surface area contributed by atoms with E-state index in [2.05, 4.69) is 22.2 Å². The molecule has 0 saturated carbocycles. The van der Waals surface area contributed by atoms with Crippen molar-refractivity contribution in [3.05, 3.63) is 34.3 Å². The van der Waals surface area contributed by atoms with E-state index < -0.39 is 5.76 Å². The van der Waals surface area contributed by atoms with Crippen LogP contribution in [0, 0.1) is 0 Å². The highest BCUT2D eigenvalue weighted by Gasteiger charge is 2.18. The van der Waals surface area contributed by atoms with E-state index in [4.69, 9.17) is 4.42 Å². The number of aromatic amines is 1. The van der Waals surface area contributed by atoms with E-state index in [0.717, 1.165) is 31.6 Å². The molecule has 96 valence electrons. The van der Waals surface area contributed by atoms with Gasteiger partial charge in [0.25, 0.3) is 0 Å². The molecule has 3 rings (SSSR count). The molecule has 0 aliphatic carbocycles. The Bertz CT molecular complexity index is 602. The SMILES string of the molecule is CN1CCNCC1Cc1ccc2oc(=O)[nH]c2c1. The molecule has 2 aromatic rings. The topological polar surface area (TPSA) is 61.3 Å². The molecule has 0 amide bonds. The standard InChI is InChI=1S/C13H17N3O2/c1-16-5-4-14-8-10(16)6-9-2-3-12-11(7-9)15-13(17)18-12/h2-3,7,10,14H,4-6,8H2,1H3,(H,15,17). The monoisotopic (exact) mass is 247 g/mol. The van der Waals surface area contributed by atoms with Crippen LogP contribution in [0.2, 0.25) is 0 Å². The van der Waals surface area contributed by atoms with E-state index in [0.29, 0.717) is 11.6 Å². The number of oxazole rings is 1. The van der Waals surface area contributed by atoms with Crippen molar-refractivity contribution in [2.24, 2.45) is 0 Å². The first-order valence-electron chi connectivity index (χ1n) is 6.25. The molecule has 0 radical (unpaired) electrons. The third kappa shape index (κ3) is 2.19. The molecule has 2 heterocycles. The van der Waals surface area contributed by atoms with Crippen molar-refractivity contribution in [3.8, 4) is 0 Å². The third-order valence-corrected chi connectivity index (χ3v) is 3.60. The Kier molecular flexibility index (Phi) is 2.93. The number of hydrogen-bond donors (Lipinski definition) is 2. The zero-order valence-electron chi connectivity index (χ0n) is 10.4. The summed E-state index contributed by atoms with van der Waals surface area (Å²) in [6.07, 6.45) is 0.979.